The van der Waals surface area contributed by atoms with Gasteiger partial charge in [-0.05, 0) is 43.4 Å². The molecule has 0 spiro atoms. The van der Waals surface area contributed by atoms with Crippen molar-refractivity contribution in [1.29, 1.82) is 0 Å². The first-order valence-electron chi connectivity index (χ1n) is 9.17. The van der Waals surface area contributed by atoms with E-state index in [-0.39, 0.29) is 41.2 Å². The highest BCUT2D eigenvalue weighted by Gasteiger charge is 2.35. The van der Waals surface area contributed by atoms with E-state index in [0.29, 0.717) is 24.1 Å². The Balaban J connectivity index is 1.87. The average Bonchev–Trinajstić information content (AvgIpc) is 3.01. The number of imidazole rings is 1. The van der Waals surface area contributed by atoms with E-state index in [1.165, 1.54) is 18.2 Å². The Kier molecular flexibility index (Phi) is 6.31. The second kappa shape index (κ2) is 8.28. The molecule has 0 amide bonds. The molecule has 0 aliphatic heterocycles. The van der Waals surface area contributed by atoms with Gasteiger partial charge >= 0.3 is 0 Å². The van der Waals surface area contributed by atoms with E-state index in [1.54, 1.807) is 6.92 Å². The molecule has 5 nitrogen and oxygen atoms in total. The molecule has 29 heavy (non-hydrogen) atoms. The van der Waals surface area contributed by atoms with Crippen LogP contribution in [0.15, 0.2) is 23.2 Å². The largest absolute Gasteiger partial charge is 0.365 e. The summed E-state index contributed by atoms with van der Waals surface area (Å²) in [5.41, 5.74) is 0.827. The van der Waals surface area contributed by atoms with Crippen molar-refractivity contribution >= 4 is 21.4 Å². The van der Waals surface area contributed by atoms with Crippen LogP contribution in [0.1, 0.15) is 48.9 Å². The fraction of sp³-hybridized carbons (Fsp3) is 0.526. The lowest BCUT2D eigenvalue weighted by Gasteiger charge is -2.29. The number of hydrogen-bond donors (Lipinski definition) is 1. The molecule has 0 saturated heterocycles. The number of sulfone groups is 1. The second-order valence-corrected chi connectivity index (χ2v) is 9.85. The van der Waals surface area contributed by atoms with Crippen LogP contribution in [0.3, 0.4) is 0 Å². The predicted molar refractivity (Wildman–Crippen MR) is 103 cm³/mol. The summed E-state index contributed by atoms with van der Waals surface area (Å²) in [6, 6.07) is 4.04. The Morgan fingerprint density at radius 3 is 2.55 bits per heavy atom. The van der Waals surface area contributed by atoms with Gasteiger partial charge in [0.05, 0.1) is 17.3 Å². The summed E-state index contributed by atoms with van der Waals surface area (Å²) in [6.45, 7) is 1.76. The number of alkyl halides is 2. The molecule has 1 aromatic heterocycles. The van der Waals surface area contributed by atoms with Crippen LogP contribution in [0.25, 0.3) is 0 Å². The van der Waals surface area contributed by atoms with Crippen LogP contribution in [0.5, 0.6) is 0 Å². The maximum Gasteiger partial charge on any atom is 0.248 e. The van der Waals surface area contributed by atoms with Crippen molar-refractivity contribution in [2.75, 3.05) is 12.9 Å². The van der Waals surface area contributed by atoms with Crippen molar-refractivity contribution < 1.29 is 26.3 Å². The molecular formula is C19H22ClF3N2O3S. The molecule has 10 heteroatoms. The third-order valence-corrected chi connectivity index (χ3v) is 6.43. The standard InChI is InChI=1S/C19H22ClF3N2O3S/c1-11-18(29(2,26)27)25-17(24-11)16(13-3-4-15(21)14(20)9-13)28-10-12-5-7-19(22,23)8-6-12/h3-4,9,12,16H,5-8,10H2,1-2H3,(H,24,25). The van der Waals surface area contributed by atoms with E-state index < -0.39 is 27.7 Å². The lowest BCUT2D eigenvalue weighted by molar-refractivity contribution is -0.0605. The first-order valence-corrected chi connectivity index (χ1v) is 11.4. The number of aromatic amines is 1. The zero-order chi connectivity index (χ0) is 21.4. The van der Waals surface area contributed by atoms with Crippen LogP contribution in [0.2, 0.25) is 5.02 Å². The smallest absolute Gasteiger partial charge is 0.248 e. The van der Waals surface area contributed by atoms with Gasteiger partial charge in [-0.25, -0.2) is 26.6 Å². The maximum atomic E-state index is 13.6. The Hall–Kier alpha value is -1.58. The zero-order valence-electron chi connectivity index (χ0n) is 16.0. The molecule has 0 radical (unpaired) electrons. The van der Waals surface area contributed by atoms with Gasteiger partial charge < -0.3 is 9.72 Å². The minimum Gasteiger partial charge on any atom is -0.365 e. The fourth-order valence-corrected chi connectivity index (χ4v) is 4.52. The van der Waals surface area contributed by atoms with E-state index in [4.69, 9.17) is 16.3 Å². The van der Waals surface area contributed by atoms with Crippen LogP contribution in [-0.4, -0.2) is 37.2 Å². The molecule has 1 N–H and O–H groups in total. The van der Waals surface area contributed by atoms with E-state index in [1.807, 2.05) is 0 Å². The number of H-pyrrole nitrogens is 1. The number of ether oxygens (including phenoxy) is 1. The average molecular weight is 451 g/mol. The van der Waals surface area contributed by atoms with Gasteiger partial charge in [0.15, 0.2) is 14.9 Å². The summed E-state index contributed by atoms with van der Waals surface area (Å²) in [4.78, 5) is 7.08. The highest BCUT2D eigenvalue weighted by Crippen LogP contribution is 2.37. The minimum absolute atomic E-state index is 0.0570. The summed E-state index contributed by atoms with van der Waals surface area (Å²) >= 11 is 5.89. The lowest BCUT2D eigenvalue weighted by Crippen LogP contribution is -2.27. The van der Waals surface area contributed by atoms with Crippen molar-refractivity contribution in [3.63, 3.8) is 0 Å². The number of aromatic nitrogens is 2. The highest BCUT2D eigenvalue weighted by molar-refractivity contribution is 7.90. The summed E-state index contributed by atoms with van der Waals surface area (Å²) in [7, 11) is -3.56. The summed E-state index contributed by atoms with van der Waals surface area (Å²) < 4.78 is 70.2. The number of halogens is 4. The predicted octanol–water partition coefficient (Wildman–Crippen LogP) is 4.85. The van der Waals surface area contributed by atoms with E-state index in [0.717, 1.165) is 6.26 Å². The van der Waals surface area contributed by atoms with Crippen molar-refractivity contribution in [2.45, 2.75) is 49.7 Å². The molecule has 1 heterocycles. The lowest BCUT2D eigenvalue weighted by atomic mass is 9.87. The molecule has 160 valence electrons. The minimum atomic E-state index is -3.56. The van der Waals surface area contributed by atoms with Gasteiger partial charge in [-0.15, -0.1) is 0 Å². The summed E-state index contributed by atoms with van der Waals surface area (Å²) in [5, 5.41) is -0.216. The zero-order valence-corrected chi connectivity index (χ0v) is 17.6. The summed E-state index contributed by atoms with van der Waals surface area (Å²) in [5.74, 6) is -3.07. The topological polar surface area (TPSA) is 72.0 Å². The number of rotatable bonds is 6. The monoisotopic (exact) mass is 450 g/mol. The van der Waals surface area contributed by atoms with Crippen molar-refractivity contribution in [1.82, 2.24) is 9.97 Å². The third kappa shape index (κ3) is 5.32. The molecule has 1 fully saturated rings. The third-order valence-electron chi connectivity index (χ3n) is 5.04. The quantitative estimate of drug-likeness (QED) is 0.683. The Bertz CT molecular complexity index is 985. The van der Waals surface area contributed by atoms with Crippen LogP contribution < -0.4 is 0 Å². The van der Waals surface area contributed by atoms with Crippen LogP contribution in [-0.2, 0) is 14.6 Å². The number of hydrogen-bond acceptors (Lipinski definition) is 4. The number of nitrogens with zero attached hydrogens (tertiary/aromatic N) is 1. The van der Waals surface area contributed by atoms with Gasteiger partial charge in [0.1, 0.15) is 17.7 Å². The van der Waals surface area contributed by atoms with Gasteiger partial charge in [-0.2, -0.15) is 0 Å². The fourth-order valence-electron chi connectivity index (χ4n) is 3.46. The molecule has 1 aliphatic carbocycles. The normalized spacial score (nSPS) is 18.7. The number of nitrogens with one attached hydrogen (secondary N) is 1. The molecule has 1 unspecified atom stereocenters. The van der Waals surface area contributed by atoms with E-state index >= 15 is 0 Å². The molecular weight excluding hydrogens is 429 g/mol. The molecule has 1 atom stereocenters. The first kappa shape index (κ1) is 22.1. The van der Waals surface area contributed by atoms with Crippen molar-refractivity contribution in [3.8, 4) is 0 Å². The first-order chi connectivity index (χ1) is 13.5. The van der Waals surface area contributed by atoms with Crippen LogP contribution in [0, 0.1) is 18.7 Å². The van der Waals surface area contributed by atoms with Gasteiger partial charge in [-0.1, -0.05) is 17.7 Å². The Morgan fingerprint density at radius 1 is 1.34 bits per heavy atom. The van der Waals surface area contributed by atoms with E-state index in [2.05, 4.69) is 9.97 Å². The SMILES string of the molecule is Cc1[nH]c(C(OCC2CCC(F)(F)CC2)c2ccc(F)c(Cl)c2)nc1S(C)(=O)=O. The molecule has 1 aromatic carbocycles. The molecule has 3 rings (SSSR count). The Labute approximate surface area is 172 Å². The molecule has 0 bridgehead atoms. The van der Waals surface area contributed by atoms with Crippen molar-refractivity contribution in [2.24, 2.45) is 5.92 Å². The molecule has 1 saturated carbocycles. The van der Waals surface area contributed by atoms with Crippen LogP contribution in [0.4, 0.5) is 13.2 Å². The number of benzene rings is 1. The Morgan fingerprint density at radius 2 is 2.00 bits per heavy atom. The van der Waals surface area contributed by atoms with Gasteiger partial charge in [0.25, 0.3) is 0 Å². The van der Waals surface area contributed by atoms with E-state index in [9.17, 15) is 21.6 Å². The highest BCUT2D eigenvalue weighted by atomic mass is 35.5. The molecule has 2 aromatic rings. The van der Waals surface area contributed by atoms with Gasteiger partial charge in [0, 0.05) is 19.1 Å². The maximum absolute atomic E-state index is 13.6. The second-order valence-electron chi connectivity index (χ2n) is 7.51. The number of aryl methyl sites for hydroxylation is 1. The van der Waals surface area contributed by atoms with Crippen LogP contribution >= 0.6 is 11.6 Å². The van der Waals surface area contributed by atoms with Crippen molar-refractivity contribution in [3.05, 3.63) is 46.1 Å². The summed E-state index contributed by atoms with van der Waals surface area (Å²) in [6.07, 6.45) is 0.487. The van der Waals surface area contributed by atoms with Gasteiger partial charge in [0.2, 0.25) is 5.92 Å². The van der Waals surface area contributed by atoms with Gasteiger partial charge in [-0.3, -0.25) is 0 Å². The molecule has 1 aliphatic rings.